The Morgan fingerprint density at radius 3 is 2.03 bits per heavy atom. The number of aromatic nitrogens is 2. The smallest absolute Gasteiger partial charge is 0.343 e. The largest absolute Gasteiger partial charge is 0.422 e. The first-order valence-corrected chi connectivity index (χ1v) is 12.5. The van der Waals surface area contributed by atoms with Crippen molar-refractivity contribution in [3.8, 4) is 0 Å². The fourth-order valence-electron chi connectivity index (χ4n) is 4.29. The zero-order valence-electron chi connectivity index (χ0n) is 21.4. The molecule has 0 aliphatic carbocycles. The SMILES string of the molecule is CC(C)(C)c1ccc(Cn2c(/C=C(/OC(=O)c3ccccc3)c3ccccc3)nc3ccccc32)cc1. The molecule has 0 atom stereocenters. The van der Waals surface area contributed by atoms with Crippen molar-refractivity contribution in [2.24, 2.45) is 0 Å². The van der Waals surface area contributed by atoms with Crippen molar-refractivity contribution < 1.29 is 9.53 Å². The molecular weight excluding hydrogens is 456 g/mol. The normalized spacial score (nSPS) is 12.0. The summed E-state index contributed by atoms with van der Waals surface area (Å²) in [5.41, 5.74) is 5.79. The second kappa shape index (κ2) is 10.3. The summed E-state index contributed by atoms with van der Waals surface area (Å²) in [5.74, 6) is 0.769. The molecule has 4 nitrogen and oxygen atoms in total. The van der Waals surface area contributed by atoms with E-state index in [-0.39, 0.29) is 5.41 Å². The van der Waals surface area contributed by atoms with Crippen molar-refractivity contribution >= 4 is 28.8 Å². The lowest BCUT2D eigenvalue weighted by atomic mass is 9.87. The highest BCUT2D eigenvalue weighted by molar-refractivity contribution is 5.95. The maximum Gasteiger partial charge on any atom is 0.343 e. The molecule has 4 heteroatoms. The maximum atomic E-state index is 13.0. The predicted molar refractivity (Wildman–Crippen MR) is 150 cm³/mol. The Labute approximate surface area is 217 Å². The fraction of sp³-hybridized carbons (Fsp3) is 0.152. The average molecular weight is 487 g/mol. The molecule has 0 radical (unpaired) electrons. The Bertz CT molecular complexity index is 1540. The van der Waals surface area contributed by atoms with Crippen LogP contribution in [0.1, 0.15) is 53.6 Å². The Morgan fingerprint density at radius 1 is 0.784 bits per heavy atom. The van der Waals surface area contributed by atoms with Crippen LogP contribution in [0.4, 0.5) is 0 Å². The molecule has 0 N–H and O–H groups in total. The minimum absolute atomic E-state index is 0.0986. The Kier molecular flexibility index (Phi) is 6.74. The molecule has 0 bridgehead atoms. The summed E-state index contributed by atoms with van der Waals surface area (Å²) < 4.78 is 8.12. The number of carbonyl (C=O) groups excluding carboxylic acids is 1. The summed E-state index contributed by atoms with van der Waals surface area (Å²) in [6.45, 7) is 7.30. The minimum atomic E-state index is -0.406. The molecule has 0 amide bonds. The second-order valence-electron chi connectivity index (χ2n) is 10.1. The van der Waals surface area contributed by atoms with Gasteiger partial charge >= 0.3 is 5.97 Å². The molecule has 0 unspecified atom stereocenters. The molecule has 37 heavy (non-hydrogen) atoms. The van der Waals surface area contributed by atoms with E-state index in [1.807, 2.05) is 72.8 Å². The summed E-state index contributed by atoms with van der Waals surface area (Å²) >= 11 is 0. The quantitative estimate of drug-likeness (QED) is 0.182. The van der Waals surface area contributed by atoms with E-state index < -0.39 is 5.97 Å². The van der Waals surface area contributed by atoms with Gasteiger partial charge in [0.1, 0.15) is 11.6 Å². The topological polar surface area (TPSA) is 44.1 Å². The summed E-state index contributed by atoms with van der Waals surface area (Å²) in [4.78, 5) is 17.9. The number of ether oxygens (including phenoxy) is 1. The van der Waals surface area contributed by atoms with Gasteiger partial charge in [-0.05, 0) is 40.8 Å². The molecule has 1 aromatic heterocycles. The highest BCUT2D eigenvalue weighted by atomic mass is 16.5. The van der Waals surface area contributed by atoms with E-state index in [2.05, 4.69) is 55.7 Å². The van der Waals surface area contributed by atoms with Crippen LogP contribution in [0.3, 0.4) is 0 Å². The standard InChI is InChI=1S/C33H30N2O2/c1-33(2,3)27-20-18-24(19-21-27)23-35-29-17-11-10-16-28(29)34-31(35)22-30(25-12-6-4-7-13-25)37-32(36)26-14-8-5-9-15-26/h4-22H,23H2,1-3H3/b30-22+. The van der Waals surface area contributed by atoms with Gasteiger partial charge in [0.2, 0.25) is 0 Å². The number of imidazole rings is 1. The number of para-hydroxylation sites is 2. The van der Waals surface area contributed by atoms with Crippen LogP contribution in [0, 0.1) is 0 Å². The van der Waals surface area contributed by atoms with Crippen LogP contribution in [0.2, 0.25) is 0 Å². The number of rotatable bonds is 6. The van der Waals surface area contributed by atoms with E-state index in [1.54, 1.807) is 12.1 Å². The van der Waals surface area contributed by atoms with Crippen molar-refractivity contribution in [2.45, 2.75) is 32.7 Å². The van der Waals surface area contributed by atoms with Gasteiger partial charge in [0.25, 0.3) is 0 Å². The average Bonchev–Trinajstić information content (AvgIpc) is 3.25. The van der Waals surface area contributed by atoms with Gasteiger partial charge in [-0.1, -0.05) is 106 Å². The molecular formula is C33H30N2O2. The predicted octanol–water partition coefficient (Wildman–Crippen LogP) is 7.74. The van der Waals surface area contributed by atoms with Crippen LogP contribution in [0.5, 0.6) is 0 Å². The Hall–Kier alpha value is -4.44. The van der Waals surface area contributed by atoms with Gasteiger partial charge in [-0.2, -0.15) is 0 Å². The molecule has 0 saturated carbocycles. The lowest BCUT2D eigenvalue weighted by Gasteiger charge is -2.19. The number of hydrogen-bond acceptors (Lipinski definition) is 3. The van der Waals surface area contributed by atoms with Crippen LogP contribution in [0.15, 0.2) is 109 Å². The molecule has 0 spiro atoms. The summed E-state index contributed by atoms with van der Waals surface area (Å²) in [6.07, 6.45) is 1.86. The lowest BCUT2D eigenvalue weighted by Crippen LogP contribution is -2.11. The monoisotopic (exact) mass is 486 g/mol. The van der Waals surface area contributed by atoms with Gasteiger partial charge in [0.15, 0.2) is 0 Å². The minimum Gasteiger partial charge on any atom is -0.422 e. The van der Waals surface area contributed by atoms with Gasteiger partial charge in [-0.15, -0.1) is 0 Å². The zero-order valence-corrected chi connectivity index (χ0v) is 21.4. The van der Waals surface area contributed by atoms with Crippen LogP contribution in [-0.2, 0) is 16.7 Å². The van der Waals surface area contributed by atoms with Gasteiger partial charge in [-0.3, -0.25) is 0 Å². The van der Waals surface area contributed by atoms with E-state index in [0.29, 0.717) is 17.9 Å². The zero-order chi connectivity index (χ0) is 25.8. The molecule has 184 valence electrons. The molecule has 0 fully saturated rings. The van der Waals surface area contributed by atoms with Crippen LogP contribution in [-0.4, -0.2) is 15.5 Å². The molecule has 4 aromatic carbocycles. The third-order valence-corrected chi connectivity index (χ3v) is 6.38. The van der Waals surface area contributed by atoms with Gasteiger partial charge < -0.3 is 9.30 Å². The van der Waals surface area contributed by atoms with E-state index in [1.165, 1.54) is 11.1 Å². The lowest BCUT2D eigenvalue weighted by molar-refractivity contribution is 0.0693. The fourth-order valence-corrected chi connectivity index (χ4v) is 4.29. The Morgan fingerprint density at radius 2 is 1.38 bits per heavy atom. The van der Waals surface area contributed by atoms with Crippen molar-refractivity contribution in [1.82, 2.24) is 9.55 Å². The number of carbonyl (C=O) groups is 1. The van der Waals surface area contributed by atoms with E-state index in [0.717, 1.165) is 22.4 Å². The number of hydrogen-bond donors (Lipinski definition) is 0. The number of fused-ring (bicyclic) bond motifs is 1. The van der Waals surface area contributed by atoms with Crippen LogP contribution >= 0.6 is 0 Å². The number of esters is 1. The molecule has 0 aliphatic rings. The number of nitrogens with zero attached hydrogens (tertiary/aromatic N) is 2. The van der Waals surface area contributed by atoms with E-state index in [9.17, 15) is 4.79 Å². The number of benzene rings is 4. The van der Waals surface area contributed by atoms with Crippen molar-refractivity contribution in [3.05, 3.63) is 137 Å². The Balaban J connectivity index is 1.57. The van der Waals surface area contributed by atoms with Crippen molar-refractivity contribution in [2.75, 3.05) is 0 Å². The van der Waals surface area contributed by atoms with Gasteiger partial charge in [0.05, 0.1) is 16.6 Å². The third kappa shape index (κ3) is 5.54. The second-order valence-corrected chi connectivity index (χ2v) is 10.1. The molecule has 5 rings (SSSR count). The molecule has 0 aliphatic heterocycles. The van der Waals surface area contributed by atoms with Crippen molar-refractivity contribution in [1.29, 1.82) is 0 Å². The van der Waals surface area contributed by atoms with Gasteiger partial charge in [-0.25, -0.2) is 9.78 Å². The third-order valence-electron chi connectivity index (χ3n) is 6.38. The van der Waals surface area contributed by atoms with Crippen LogP contribution < -0.4 is 0 Å². The summed E-state index contributed by atoms with van der Waals surface area (Å²) in [6, 6.07) is 35.5. The highest BCUT2D eigenvalue weighted by Crippen LogP contribution is 2.26. The maximum absolute atomic E-state index is 13.0. The van der Waals surface area contributed by atoms with E-state index >= 15 is 0 Å². The molecule has 0 saturated heterocycles. The summed E-state index contributed by atoms with van der Waals surface area (Å²) in [5, 5.41) is 0. The first-order valence-electron chi connectivity index (χ1n) is 12.5. The summed E-state index contributed by atoms with van der Waals surface area (Å²) in [7, 11) is 0. The molecule has 1 heterocycles. The first kappa shape index (κ1) is 24.3. The first-order chi connectivity index (χ1) is 17.9. The van der Waals surface area contributed by atoms with Crippen molar-refractivity contribution in [3.63, 3.8) is 0 Å². The van der Waals surface area contributed by atoms with E-state index in [4.69, 9.17) is 9.72 Å². The molecule has 5 aromatic rings. The van der Waals surface area contributed by atoms with Crippen LogP contribution in [0.25, 0.3) is 22.9 Å². The highest BCUT2D eigenvalue weighted by Gasteiger charge is 2.17. The van der Waals surface area contributed by atoms with Gasteiger partial charge in [0, 0.05) is 18.2 Å².